The number of alkyl halides is 3. The molecule has 0 bridgehead atoms. The maximum atomic E-state index is 13.0. The van der Waals surface area contributed by atoms with Crippen molar-refractivity contribution in [2.24, 2.45) is 0 Å². The minimum atomic E-state index is -4.65. The van der Waals surface area contributed by atoms with Crippen molar-refractivity contribution in [3.63, 3.8) is 0 Å². The number of morpholine rings is 1. The third-order valence-corrected chi connectivity index (χ3v) is 9.00. The number of nitrogens with one attached hydrogen (secondary N) is 5. The van der Waals surface area contributed by atoms with Crippen molar-refractivity contribution >= 4 is 64.4 Å². The molecule has 1 atom stereocenters. The molecule has 2 aliphatic rings. The minimum absolute atomic E-state index is 0. The first kappa shape index (κ1) is 42.9. The number of anilines is 5. The van der Waals surface area contributed by atoms with E-state index in [4.69, 9.17) is 21.1 Å². The number of carbonyl (C=O) groups is 4. The summed E-state index contributed by atoms with van der Waals surface area (Å²) in [5.74, 6) is -3.63. The van der Waals surface area contributed by atoms with Crippen molar-refractivity contribution in [2.45, 2.75) is 44.4 Å². The SMILES string of the molecule is C.O=C(NCC[C@H](NC(=O)c1ccc(Nc2nc(NC3(c4ccc(Cl)cc4)CC3)nc(OCC(F)(F)F)n2)cc1)C(=O)O)C(=O)Nc1ccc(N2CCOCC2)nc1. The Kier molecular flexibility index (Phi) is 13.9. The zero-order valence-corrected chi connectivity index (χ0v) is 30.7. The van der Waals surface area contributed by atoms with E-state index in [9.17, 15) is 37.5 Å². The summed E-state index contributed by atoms with van der Waals surface area (Å²) in [6.07, 6.45) is -2.08. The molecule has 6 N–H and O–H groups in total. The number of ether oxygens (including phenoxy) is 2. The Bertz CT molecular complexity index is 2070. The van der Waals surface area contributed by atoms with Crippen molar-refractivity contribution < 1.29 is 46.9 Å². The quantitative estimate of drug-likeness (QED) is 0.0909. The Morgan fingerprint density at radius 2 is 1.59 bits per heavy atom. The van der Waals surface area contributed by atoms with Crippen molar-refractivity contribution in [1.82, 2.24) is 30.6 Å². The minimum Gasteiger partial charge on any atom is -0.480 e. The number of amides is 3. The van der Waals surface area contributed by atoms with E-state index < -0.39 is 54.1 Å². The van der Waals surface area contributed by atoms with Crippen molar-refractivity contribution in [1.29, 1.82) is 0 Å². The predicted octanol–water partition coefficient (Wildman–Crippen LogP) is 4.51. The molecular weight excluding hydrogens is 789 g/mol. The Morgan fingerprint density at radius 3 is 2.21 bits per heavy atom. The summed E-state index contributed by atoms with van der Waals surface area (Å²) in [7, 11) is 0. The van der Waals surface area contributed by atoms with Crippen LogP contribution in [0.5, 0.6) is 6.01 Å². The molecular formula is C37H40ClF3N10O7. The van der Waals surface area contributed by atoms with Gasteiger partial charge in [0, 0.05) is 35.9 Å². The first-order chi connectivity index (χ1) is 27.2. The van der Waals surface area contributed by atoms with Gasteiger partial charge in [0.1, 0.15) is 11.9 Å². The van der Waals surface area contributed by atoms with Crippen LogP contribution in [0.25, 0.3) is 0 Å². The lowest BCUT2D eigenvalue weighted by molar-refractivity contribution is -0.154. The highest BCUT2D eigenvalue weighted by atomic mass is 35.5. The molecule has 0 unspecified atom stereocenters. The maximum absolute atomic E-state index is 13.0. The number of hydrogen-bond acceptors (Lipinski definition) is 13. The largest absolute Gasteiger partial charge is 0.480 e. The zero-order chi connectivity index (χ0) is 40.6. The summed E-state index contributed by atoms with van der Waals surface area (Å²) < 4.78 is 49.0. The molecule has 17 nitrogen and oxygen atoms in total. The van der Waals surface area contributed by atoms with Crippen LogP contribution in [0.4, 0.5) is 42.3 Å². The van der Waals surface area contributed by atoms with Crippen LogP contribution in [-0.4, -0.2) is 100 Å². The Balaban J connectivity index is 0.00000641. The zero-order valence-electron chi connectivity index (χ0n) is 29.9. The smallest absolute Gasteiger partial charge is 0.422 e. The van der Waals surface area contributed by atoms with E-state index in [0.29, 0.717) is 55.7 Å². The lowest BCUT2D eigenvalue weighted by Crippen LogP contribution is -2.44. The van der Waals surface area contributed by atoms with E-state index in [1.165, 1.54) is 30.5 Å². The van der Waals surface area contributed by atoms with Crippen LogP contribution in [-0.2, 0) is 24.7 Å². The van der Waals surface area contributed by atoms with Gasteiger partial charge < -0.3 is 46.1 Å². The molecule has 0 radical (unpaired) electrons. The van der Waals surface area contributed by atoms with Crippen molar-refractivity contribution in [2.75, 3.05) is 60.3 Å². The molecule has 1 aliphatic heterocycles. The molecule has 1 aliphatic carbocycles. The second kappa shape index (κ2) is 18.8. The molecule has 2 aromatic heterocycles. The second-order valence-electron chi connectivity index (χ2n) is 13.0. The Hall–Kier alpha value is -6.28. The van der Waals surface area contributed by atoms with E-state index in [-0.39, 0.29) is 43.5 Å². The maximum Gasteiger partial charge on any atom is 0.422 e. The van der Waals surface area contributed by atoms with Crippen molar-refractivity contribution in [3.8, 4) is 6.01 Å². The highest BCUT2D eigenvalue weighted by molar-refractivity contribution is 6.39. The van der Waals surface area contributed by atoms with Gasteiger partial charge in [-0.25, -0.2) is 9.78 Å². The molecule has 3 heterocycles. The molecule has 2 aromatic carbocycles. The normalized spacial score (nSPS) is 14.9. The molecule has 0 spiro atoms. The van der Waals surface area contributed by atoms with Crippen LogP contribution in [0.1, 0.15) is 42.6 Å². The van der Waals surface area contributed by atoms with E-state index in [1.54, 1.807) is 24.3 Å². The second-order valence-corrected chi connectivity index (χ2v) is 13.4. The summed E-state index contributed by atoms with van der Waals surface area (Å²) in [6, 6.07) is 14.0. The third-order valence-electron chi connectivity index (χ3n) is 8.75. The van der Waals surface area contributed by atoms with Crippen LogP contribution in [0.15, 0.2) is 66.9 Å². The van der Waals surface area contributed by atoms with Crippen LogP contribution >= 0.6 is 11.6 Å². The Morgan fingerprint density at radius 1 is 0.914 bits per heavy atom. The van der Waals surface area contributed by atoms with Gasteiger partial charge in [0.05, 0.1) is 30.6 Å². The van der Waals surface area contributed by atoms with Crippen LogP contribution in [0, 0.1) is 0 Å². The van der Waals surface area contributed by atoms with Crippen LogP contribution < -0.4 is 36.2 Å². The van der Waals surface area contributed by atoms with Gasteiger partial charge in [0.25, 0.3) is 5.91 Å². The predicted molar refractivity (Wildman–Crippen MR) is 206 cm³/mol. The van der Waals surface area contributed by atoms with E-state index in [0.717, 1.165) is 5.56 Å². The Labute approximate surface area is 335 Å². The average molecular weight is 829 g/mol. The number of aromatic nitrogens is 4. The highest BCUT2D eigenvalue weighted by Gasteiger charge is 2.45. The molecule has 2 fully saturated rings. The van der Waals surface area contributed by atoms with Gasteiger partial charge in [-0.3, -0.25) is 14.4 Å². The molecule has 21 heteroatoms. The number of aliphatic carboxylic acids is 1. The fourth-order valence-corrected chi connectivity index (χ4v) is 5.77. The molecule has 4 aromatic rings. The van der Waals surface area contributed by atoms with Gasteiger partial charge in [-0.05, 0) is 73.4 Å². The molecule has 1 saturated carbocycles. The number of pyridine rings is 1. The molecule has 58 heavy (non-hydrogen) atoms. The number of benzene rings is 2. The average Bonchev–Trinajstić information content (AvgIpc) is 3.97. The fourth-order valence-electron chi connectivity index (χ4n) is 5.64. The molecule has 308 valence electrons. The van der Waals surface area contributed by atoms with Gasteiger partial charge in [0.15, 0.2) is 6.61 Å². The molecule has 1 saturated heterocycles. The monoisotopic (exact) mass is 828 g/mol. The summed E-state index contributed by atoms with van der Waals surface area (Å²) >= 11 is 6.02. The van der Waals surface area contributed by atoms with Crippen LogP contribution in [0.2, 0.25) is 5.02 Å². The summed E-state index contributed by atoms with van der Waals surface area (Å²) in [5.41, 5.74) is 0.988. The van der Waals surface area contributed by atoms with E-state index >= 15 is 0 Å². The third kappa shape index (κ3) is 11.9. The molecule has 6 rings (SSSR count). The van der Waals surface area contributed by atoms with Gasteiger partial charge in [0.2, 0.25) is 11.9 Å². The van der Waals surface area contributed by atoms with Gasteiger partial charge in [-0.15, -0.1) is 0 Å². The highest BCUT2D eigenvalue weighted by Crippen LogP contribution is 2.48. The van der Waals surface area contributed by atoms with E-state index in [1.807, 2.05) is 17.0 Å². The van der Waals surface area contributed by atoms with Crippen molar-refractivity contribution in [3.05, 3.63) is 83.0 Å². The number of hydrogen-bond donors (Lipinski definition) is 6. The lowest BCUT2D eigenvalue weighted by atomic mass is 10.1. The topological polar surface area (TPSA) is 222 Å². The number of nitrogens with zero attached hydrogens (tertiary/aromatic N) is 5. The van der Waals surface area contributed by atoms with Gasteiger partial charge in [-0.1, -0.05) is 31.2 Å². The number of carboxylic acids is 1. The first-order valence-corrected chi connectivity index (χ1v) is 17.9. The lowest BCUT2D eigenvalue weighted by Gasteiger charge is -2.27. The first-order valence-electron chi connectivity index (χ1n) is 17.5. The van der Waals surface area contributed by atoms with Gasteiger partial charge >= 0.3 is 30.0 Å². The summed E-state index contributed by atoms with van der Waals surface area (Å²) in [5, 5.41) is 23.4. The number of carboxylic acid groups (broad SMARTS) is 1. The van der Waals surface area contributed by atoms with Gasteiger partial charge in [-0.2, -0.15) is 28.1 Å². The number of halogens is 4. The fraction of sp³-hybridized carbons (Fsp3) is 0.351. The number of carbonyl (C=O) groups excluding carboxylic acids is 3. The summed E-state index contributed by atoms with van der Waals surface area (Å²) in [6.45, 7) is 0.628. The van der Waals surface area contributed by atoms with E-state index in [2.05, 4.69) is 46.5 Å². The standard InChI is InChI=1S/C36H36ClF3N10O7.CH4/c37-23-5-3-22(4-6-23)35(12-13-35)49-33-46-32(47-34(48-33)57-20-36(38,39)40)44-24-7-1-21(2-8-24)28(51)45-26(31(54)55)11-14-41-29(52)30(53)43-25-9-10-27(42-19-25)50-15-17-56-18-16-50;/h1-10,19,26H,11-18,20H2,(H,41,52)(H,43,53)(H,45,51)(H,54,55)(H2,44,46,47,48,49);1H4/t26-;/m0./s1. The molecule has 3 amide bonds. The summed E-state index contributed by atoms with van der Waals surface area (Å²) in [4.78, 5) is 68.3. The van der Waals surface area contributed by atoms with Crippen LogP contribution in [0.3, 0.4) is 0 Å². The number of rotatable bonds is 15.